The van der Waals surface area contributed by atoms with Crippen molar-refractivity contribution in [3.63, 3.8) is 0 Å². The molecule has 0 spiro atoms. The molecule has 2 aromatic heterocycles. The lowest BCUT2D eigenvalue weighted by Gasteiger charge is -1.98. The average Bonchev–Trinajstić information content (AvgIpc) is 2.68. The fourth-order valence-corrected chi connectivity index (χ4v) is 2.70. The molecule has 2 rings (SSSR count). The zero-order chi connectivity index (χ0) is 10.1. The third-order valence-corrected chi connectivity index (χ3v) is 3.93. The van der Waals surface area contributed by atoms with Crippen LogP contribution in [0.4, 0.5) is 0 Å². The summed E-state index contributed by atoms with van der Waals surface area (Å²) in [7, 11) is 1.75. The molecule has 0 N–H and O–H groups in total. The summed E-state index contributed by atoms with van der Waals surface area (Å²) in [6, 6.07) is 1.99. The van der Waals surface area contributed by atoms with Gasteiger partial charge in [-0.1, -0.05) is 0 Å². The monoisotopic (exact) mass is 272 g/mol. The van der Waals surface area contributed by atoms with Gasteiger partial charge in [0.25, 0.3) is 0 Å². The zero-order valence-electron chi connectivity index (χ0n) is 7.61. The molecule has 3 nitrogen and oxygen atoms in total. The van der Waals surface area contributed by atoms with Crippen molar-refractivity contribution in [3.8, 4) is 0 Å². The number of nitrogens with zero attached hydrogens (tertiary/aromatic N) is 2. The van der Waals surface area contributed by atoms with Crippen molar-refractivity contribution in [2.24, 2.45) is 7.05 Å². The maximum Gasteiger partial charge on any atom is 0.328 e. The van der Waals surface area contributed by atoms with E-state index < -0.39 is 0 Å². The number of aryl methyl sites for hydroxylation is 1. The minimum Gasteiger partial charge on any atom is -0.302 e. The summed E-state index contributed by atoms with van der Waals surface area (Å²) in [6.45, 7) is 0.637. The van der Waals surface area contributed by atoms with E-state index in [1.165, 1.54) is 4.88 Å². The van der Waals surface area contributed by atoms with E-state index in [1.807, 2.05) is 11.4 Å². The quantitative estimate of drug-likeness (QED) is 0.822. The van der Waals surface area contributed by atoms with Crippen LogP contribution in [0.1, 0.15) is 4.88 Å². The van der Waals surface area contributed by atoms with E-state index in [4.69, 9.17) is 0 Å². The summed E-state index contributed by atoms with van der Waals surface area (Å²) >= 11 is 5.09. The molecule has 0 saturated heterocycles. The van der Waals surface area contributed by atoms with E-state index in [-0.39, 0.29) is 5.69 Å². The van der Waals surface area contributed by atoms with E-state index in [9.17, 15) is 4.79 Å². The van der Waals surface area contributed by atoms with Crippen molar-refractivity contribution in [2.45, 2.75) is 6.54 Å². The minimum absolute atomic E-state index is 0.0188. The molecule has 0 fully saturated rings. The Labute approximate surface area is 93.7 Å². The summed E-state index contributed by atoms with van der Waals surface area (Å²) in [5, 5.41) is 2.01. The van der Waals surface area contributed by atoms with Crippen molar-refractivity contribution >= 4 is 27.3 Å². The summed E-state index contributed by atoms with van der Waals surface area (Å²) in [4.78, 5) is 12.7. The molecule has 0 amide bonds. The van der Waals surface area contributed by atoms with E-state index in [2.05, 4.69) is 15.9 Å². The molecule has 0 aromatic carbocycles. The van der Waals surface area contributed by atoms with Crippen LogP contribution in [0.2, 0.25) is 0 Å². The van der Waals surface area contributed by atoms with E-state index in [0.29, 0.717) is 6.54 Å². The second-order valence-electron chi connectivity index (χ2n) is 3.01. The molecule has 14 heavy (non-hydrogen) atoms. The minimum atomic E-state index is 0.0188. The number of rotatable bonds is 2. The molecule has 2 aromatic rings. The second-order valence-corrected chi connectivity index (χ2v) is 4.87. The molecule has 0 aliphatic carbocycles. The number of aromatic nitrogens is 2. The molecule has 5 heteroatoms. The van der Waals surface area contributed by atoms with Crippen LogP contribution in [-0.2, 0) is 13.6 Å². The van der Waals surface area contributed by atoms with Gasteiger partial charge in [0.2, 0.25) is 0 Å². The molecule has 2 heterocycles. The van der Waals surface area contributed by atoms with Crippen molar-refractivity contribution in [1.29, 1.82) is 0 Å². The summed E-state index contributed by atoms with van der Waals surface area (Å²) in [6.07, 6.45) is 3.57. The Morgan fingerprint density at radius 3 is 2.79 bits per heavy atom. The second kappa shape index (κ2) is 3.74. The molecule has 0 radical (unpaired) electrons. The van der Waals surface area contributed by atoms with Crippen LogP contribution < -0.4 is 5.69 Å². The third kappa shape index (κ3) is 1.69. The van der Waals surface area contributed by atoms with Gasteiger partial charge in [0.15, 0.2) is 0 Å². The Hall–Kier alpha value is -0.810. The Kier molecular flexibility index (Phi) is 2.60. The van der Waals surface area contributed by atoms with Gasteiger partial charge in [-0.25, -0.2) is 4.79 Å². The van der Waals surface area contributed by atoms with Crippen molar-refractivity contribution in [3.05, 3.63) is 43.7 Å². The topological polar surface area (TPSA) is 26.9 Å². The molecule has 0 unspecified atom stereocenters. The molecule has 0 saturated carbocycles. The predicted molar refractivity (Wildman–Crippen MR) is 60.8 cm³/mol. The van der Waals surface area contributed by atoms with Crippen LogP contribution in [0.3, 0.4) is 0 Å². The third-order valence-electron chi connectivity index (χ3n) is 2.02. The summed E-state index contributed by atoms with van der Waals surface area (Å²) < 4.78 is 4.33. The van der Waals surface area contributed by atoms with Gasteiger partial charge in [-0.05, 0) is 27.4 Å². The fourth-order valence-electron chi connectivity index (χ4n) is 1.22. The molecule has 74 valence electrons. The number of imidazole rings is 1. The van der Waals surface area contributed by atoms with Crippen molar-refractivity contribution in [2.75, 3.05) is 0 Å². The van der Waals surface area contributed by atoms with Gasteiger partial charge in [-0.3, -0.25) is 4.57 Å². The van der Waals surface area contributed by atoms with Gasteiger partial charge in [-0.2, -0.15) is 0 Å². The Bertz CT molecular complexity index is 497. The maximum atomic E-state index is 11.5. The van der Waals surface area contributed by atoms with Crippen molar-refractivity contribution < 1.29 is 0 Å². The van der Waals surface area contributed by atoms with E-state index in [0.717, 1.165) is 4.47 Å². The highest BCUT2D eigenvalue weighted by Gasteiger charge is 2.04. The van der Waals surface area contributed by atoms with Crippen LogP contribution in [0.25, 0.3) is 0 Å². The molecular formula is C9H9BrN2OS. The van der Waals surface area contributed by atoms with Crippen LogP contribution >= 0.6 is 27.3 Å². The normalized spacial score (nSPS) is 10.7. The van der Waals surface area contributed by atoms with Crippen LogP contribution in [0, 0.1) is 0 Å². The largest absolute Gasteiger partial charge is 0.328 e. The van der Waals surface area contributed by atoms with Gasteiger partial charge in [0.05, 0.1) is 6.54 Å². The highest BCUT2D eigenvalue weighted by atomic mass is 79.9. The first-order valence-electron chi connectivity index (χ1n) is 4.12. The number of hydrogen-bond donors (Lipinski definition) is 0. The molecule has 0 aliphatic rings. The number of hydrogen-bond acceptors (Lipinski definition) is 2. The first kappa shape index (κ1) is 9.73. The van der Waals surface area contributed by atoms with Gasteiger partial charge in [0.1, 0.15) is 0 Å². The molecule has 0 aliphatic heterocycles. The maximum absolute atomic E-state index is 11.5. The van der Waals surface area contributed by atoms with Gasteiger partial charge < -0.3 is 4.57 Å². The molecular weight excluding hydrogens is 264 g/mol. The first-order valence-corrected chi connectivity index (χ1v) is 5.79. The number of halogens is 1. The Balaban J connectivity index is 2.32. The van der Waals surface area contributed by atoms with E-state index >= 15 is 0 Å². The van der Waals surface area contributed by atoms with Crippen LogP contribution in [0.5, 0.6) is 0 Å². The fraction of sp³-hybridized carbons (Fsp3) is 0.222. The lowest BCUT2D eigenvalue weighted by Crippen LogP contribution is -2.21. The Morgan fingerprint density at radius 2 is 2.29 bits per heavy atom. The standard InChI is InChI=1S/C9H9BrN2OS/c1-11-3-4-12(9(11)13)6-8-7(10)2-5-14-8/h2-5H,6H2,1H3. The molecule has 0 bridgehead atoms. The highest BCUT2D eigenvalue weighted by Crippen LogP contribution is 2.22. The van der Waals surface area contributed by atoms with Gasteiger partial charge in [-0.15, -0.1) is 11.3 Å². The average molecular weight is 273 g/mol. The lowest BCUT2D eigenvalue weighted by molar-refractivity contribution is 0.723. The van der Waals surface area contributed by atoms with Crippen LogP contribution in [0.15, 0.2) is 33.1 Å². The van der Waals surface area contributed by atoms with Gasteiger partial charge in [0, 0.05) is 28.8 Å². The van der Waals surface area contributed by atoms with Gasteiger partial charge >= 0.3 is 5.69 Å². The van der Waals surface area contributed by atoms with Crippen molar-refractivity contribution in [1.82, 2.24) is 9.13 Å². The summed E-state index contributed by atoms with van der Waals surface area (Å²) in [5.41, 5.74) is 0.0188. The Morgan fingerprint density at radius 1 is 1.50 bits per heavy atom. The summed E-state index contributed by atoms with van der Waals surface area (Å²) in [5.74, 6) is 0. The number of thiophene rings is 1. The zero-order valence-corrected chi connectivity index (χ0v) is 10.0. The van der Waals surface area contributed by atoms with E-state index in [1.54, 1.807) is 39.9 Å². The highest BCUT2D eigenvalue weighted by molar-refractivity contribution is 9.10. The first-order chi connectivity index (χ1) is 6.68. The smallest absolute Gasteiger partial charge is 0.302 e. The predicted octanol–water partition coefficient (Wildman–Crippen LogP) is 2.06. The SMILES string of the molecule is Cn1ccn(Cc2sccc2Br)c1=O. The molecule has 0 atom stereocenters. The van der Waals surface area contributed by atoms with Crippen LogP contribution in [-0.4, -0.2) is 9.13 Å². The lowest BCUT2D eigenvalue weighted by atomic mass is 10.4.